The van der Waals surface area contributed by atoms with Crippen molar-refractivity contribution in [3.05, 3.63) is 18.2 Å². The zero-order valence-electron chi connectivity index (χ0n) is 11.0. The predicted molar refractivity (Wildman–Crippen MR) is 66.8 cm³/mol. The average molecular weight is 238 g/mol. The van der Waals surface area contributed by atoms with Gasteiger partial charge in [0.15, 0.2) is 0 Å². The molecule has 0 fully saturated rings. The summed E-state index contributed by atoms with van der Waals surface area (Å²) in [6.07, 6.45) is 7.61. The van der Waals surface area contributed by atoms with Crippen molar-refractivity contribution in [2.24, 2.45) is 0 Å². The molecule has 1 unspecified atom stereocenters. The topological polar surface area (TPSA) is 44.1 Å². The van der Waals surface area contributed by atoms with E-state index in [1.807, 2.05) is 6.20 Å². The molecule has 0 aliphatic heterocycles. The van der Waals surface area contributed by atoms with Crippen molar-refractivity contribution in [3.8, 4) is 0 Å². The fraction of sp³-hybridized carbons (Fsp3) is 0.692. The van der Waals surface area contributed by atoms with E-state index < -0.39 is 0 Å². The van der Waals surface area contributed by atoms with Crippen LogP contribution in [0.2, 0.25) is 0 Å². The number of methoxy groups -OCH3 is 1. The number of nitrogens with zero attached hydrogens (tertiary/aromatic N) is 2. The Hall–Kier alpha value is -1.32. The minimum absolute atomic E-state index is 0.179. The second-order valence-corrected chi connectivity index (χ2v) is 4.20. The lowest BCUT2D eigenvalue weighted by molar-refractivity contribution is -0.142. The van der Waals surface area contributed by atoms with Crippen LogP contribution in [0.15, 0.2) is 12.4 Å². The molecule has 0 aromatic carbocycles. The molecule has 1 aromatic rings. The van der Waals surface area contributed by atoms with Gasteiger partial charge in [-0.15, -0.1) is 0 Å². The molecule has 4 heteroatoms. The van der Waals surface area contributed by atoms with Gasteiger partial charge < -0.3 is 9.30 Å². The number of aromatic nitrogens is 2. The SMILES string of the molecule is CCCCC(C(=O)OC)c1nccn1CCC. The molecule has 1 heterocycles. The van der Waals surface area contributed by atoms with Gasteiger partial charge in [0.25, 0.3) is 0 Å². The van der Waals surface area contributed by atoms with Crippen molar-refractivity contribution in [1.29, 1.82) is 0 Å². The average Bonchev–Trinajstić information content (AvgIpc) is 2.78. The highest BCUT2D eigenvalue weighted by atomic mass is 16.5. The zero-order valence-corrected chi connectivity index (χ0v) is 11.0. The summed E-state index contributed by atoms with van der Waals surface area (Å²) in [5.41, 5.74) is 0. The number of carbonyl (C=O) groups excluding carboxylic acids is 1. The third kappa shape index (κ3) is 3.58. The summed E-state index contributed by atoms with van der Waals surface area (Å²) in [6, 6.07) is 0. The Morgan fingerprint density at radius 3 is 2.82 bits per heavy atom. The molecule has 0 aliphatic rings. The van der Waals surface area contributed by atoms with Crippen LogP contribution in [0.25, 0.3) is 0 Å². The van der Waals surface area contributed by atoms with Gasteiger partial charge in [-0.05, 0) is 12.8 Å². The van der Waals surface area contributed by atoms with Crippen LogP contribution in [0, 0.1) is 0 Å². The number of rotatable bonds is 7. The van der Waals surface area contributed by atoms with Gasteiger partial charge in [-0.1, -0.05) is 26.7 Å². The van der Waals surface area contributed by atoms with Gasteiger partial charge >= 0.3 is 5.97 Å². The highest BCUT2D eigenvalue weighted by Crippen LogP contribution is 2.22. The molecule has 96 valence electrons. The van der Waals surface area contributed by atoms with Crippen LogP contribution in [0.3, 0.4) is 0 Å². The molecule has 0 spiro atoms. The highest BCUT2D eigenvalue weighted by molar-refractivity contribution is 5.76. The Kier molecular flexibility index (Phi) is 5.73. The molecule has 0 N–H and O–H groups in total. The lowest BCUT2D eigenvalue weighted by Crippen LogP contribution is -2.19. The Morgan fingerprint density at radius 2 is 2.24 bits per heavy atom. The molecule has 4 nitrogen and oxygen atoms in total. The smallest absolute Gasteiger partial charge is 0.316 e. The summed E-state index contributed by atoms with van der Waals surface area (Å²) >= 11 is 0. The molecule has 0 radical (unpaired) electrons. The summed E-state index contributed by atoms with van der Waals surface area (Å²) in [5, 5.41) is 0. The van der Waals surface area contributed by atoms with E-state index in [2.05, 4.69) is 23.4 Å². The first-order chi connectivity index (χ1) is 8.24. The fourth-order valence-electron chi connectivity index (χ4n) is 1.96. The summed E-state index contributed by atoms with van der Waals surface area (Å²) in [7, 11) is 1.44. The van der Waals surface area contributed by atoms with Crippen LogP contribution in [0.5, 0.6) is 0 Å². The van der Waals surface area contributed by atoms with Crippen LogP contribution < -0.4 is 0 Å². The number of carbonyl (C=O) groups is 1. The van der Waals surface area contributed by atoms with Crippen molar-refractivity contribution < 1.29 is 9.53 Å². The van der Waals surface area contributed by atoms with Crippen molar-refractivity contribution in [1.82, 2.24) is 9.55 Å². The van der Waals surface area contributed by atoms with Crippen molar-refractivity contribution in [2.75, 3.05) is 7.11 Å². The van der Waals surface area contributed by atoms with Crippen LogP contribution >= 0.6 is 0 Å². The molecule has 0 amide bonds. The number of aryl methyl sites for hydroxylation is 1. The summed E-state index contributed by atoms with van der Waals surface area (Å²) in [6.45, 7) is 5.13. The number of ether oxygens (including phenoxy) is 1. The normalized spacial score (nSPS) is 12.4. The molecular weight excluding hydrogens is 216 g/mol. The van der Waals surface area contributed by atoms with Gasteiger partial charge in [-0.3, -0.25) is 4.79 Å². The summed E-state index contributed by atoms with van der Waals surface area (Å²) in [5.74, 6) is 0.440. The number of esters is 1. The van der Waals surface area contributed by atoms with Gasteiger partial charge in [0.1, 0.15) is 11.7 Å². The molecular formula is C13H22N2O2. The predicted octanol–water partition coefficient (Wildman–Crippen LogP) is 2.74. The van der Waals surface area contributed by atoms with Gasteiger partial charge in [0, 0.05) is 18.9 Å². The molecule has 1 rings (SSSR count). The Balaban J connectivity index is 2.86. The molecule has 0 saturated heterocycles. The van der Waals surface area contributed by atoms with E-state index in [9.17, 15) is 4.79 Å². The first kappa shape index (κ1) is 13.7. The van der Waals surface area contributed by atoms with Gasteiger partial charge in [-0.25, -0.2) is 4.98 Å². The van der Waals surface area contributed by atoms with E-state index in [-0.39, 0.29) is 11.9 Å². The molecule has 0 saturated carbocycles. The van der Waals surface area contributed by atoms with E-state index in [1.54, 1.807) is 6.20 Å². The van der Waals surface area contributed by atoms with Crippen LogP contribution in [0.4, 0.5) is 0 Å². The Bertz CT molecular complexity index is 347. The van der Waals surface area contributed by atoms with Gasteiger partial charge in [0.05, 0.1) is 7.11 Å². The lowest BCUT2D eigenvalue weighted by atomic mass is 10.0. The maximum Gasteiger partial charge on any atom is 0.316 e. The first-order valence-corrected chi connectivity index (χ1v) is 6.33. The van der Waals surface area contributed by atoms with Crippen molar-refractivity contribution in [3.63, 3.8) is 0 Å². The third-order valence-electron chi connectivity index (χ3n) is 2.86. The first-order valence-electron chi connectivity index (χ1n) is 6.33. The standard InChI is InChI=1S/C13H22N2O2/c1-4-6-7-11(13(16)17-3)12-14-8-10-15(12)9-5-2/h8,10-11H,4-7,9H2,1-3H3. The minimum Gasteiger partial charge on any atom is -0.468 e. The third-order valence-corrected chi connectivity index (χ3v) is 2.86. The molecule has 17 heavy (non-hydrogen) atoms. The van der Waals surface area contributed by atoms with Crippen LogP contribution in [-0.4, -0.2) is 22.6 Å². The van der Waals surface area contributed by atoms with Gasteiger partial charge in [-0.2, -0.15) is 0 Å². The molecule has 0 aliphatic carbocycles. The number of imidazole rings is 1. The van der Waals surface area contributed by atoms with E-state index in [4.69, 9.17) is 4.74 Å². The van der Waals surface area contributed by atoms with E-state index in [1.165, 1.54) is 7.11 Å². The van der Waals surface area contributed by atoms with E-state index >= 15 is 0 Å². The Morgan fingerprint density at radius 1 is 1.47 bits per heavy atom. The van der Waals surface area contributed by atoms with Crippen molar-refractivity contribution >= 4 is 5.97 Å². The fourth-order valence-corrected chi connectivity index (χ4v) is 1.96. The Labute approximate surface area is 103 Å². The highest BCUT2D eigenvalue weighted by Gasteiger charge is 2.24. The van der Waals surface area contributed by atoms with E-state index in [0.717, 1.165) is 38.1 Å². The van der Waals surface area contributed by atoms with Crippen molar-refractivity contribution in [2.45, 2.75) is 52.0 Å². The maximum atomic E-state index is 11.8. The quantitative estimate of drug-likeness (QED) is 0.686. The largest absolute Gasteiger partial charge is 0.468 e. The number of hydrogen-bond acceptors (Lipinski definition) is 3. The maximum absolute atomic E-state index is 11.8. The molecule has 0 bridgehead atoms. The second kappa shape index (κ2) is 7.09. The van der Waals surface area contributed by atoms with E-state index in [0.29, 0.717) is 0 Å². The zero-order chi connectivity index (χ0) is 12.7. The van der Waals surface area contributed by atoms with Gasteiger partial charge in [0.2, 0.25) is 0 Å². The monoisotopic (exact) mass is 238 g/mol. The van der Waals surface area contributed by atoms with Crippen LogP contribution in [0.1, 0.15) is 51.3 Å². The summed E-state index contributed by atoms with van der Waals surface area (Å²) in [4.78, 5) is 16.1. The molecule has 1 aromatic heterocycles. The minimum atomic E-state index is -0.221. The number of hydrogen-bond donors (Lipinski definition) is 0. The summed E-state index contributed by atoms with van der Waals surface area (Å²) < 4.78 is 6.93. The second-order valence-electron chi connectivity index (χ2n) is 4.20. The number of unbranched alkanes of at least 4 members (excludes halogenated alkanes) is 1. The van der Waals surface area contributed by atoms with Crippen LogP contribution in [-0.2, 0) is 16.1 Å². The molecule has 1 atom stereocenters. The lowest BCUT2D eigenvalue weighted by Gasteiger charge is -2.15.